The number of nitrogens with zero attached hydrogens (tertiary/aromatic N) is 3. The number of benzene rings is 2. The lowest BCUT2D eigenvalue weighted by atomic mass is 10.0. The highest BCUT2D eigenvalue weighted by Crippen LogP contribution is 2.23. The van der Waals surface area contributed by atoms with Crippen LogP contribution >= 0.6 is 0 Å². The van der Waals surface area contributed by atoms with Gasteiger partial charge < -0.3 is 10.1 Å². The fourth-order valence-electron chi connectivity index (χ4n) is 3.97. The maximum absolute atomic E-state index is 12.4. The molecule has 1 fully saturated rings. The van der Waals surface area contributed by atoms with Crippen LogP contribution in [0.3, 0.4) is 0 Å². The number of carbonyl (C=O) groups excluding carboxylic acids is 1. The summed E-state index contributed by atoms with van der Waals surface area (Å²) in [7, 11) is 0. The van der Waals surface area contributed by atoms with Crippen molar-refractivity contribution in [3.8, 4) is 0 Å². The van der Waals surface area contributed by atoms with Gasteiger partial charge in [0.25, 0.3) is 0 Å². The van der Waals surface area contributed by atoms with Crippen molar-refractivity contribution in [2.45, 2.75) is 51.8 Å². The molecule has 1 aliphatic heterocycles. The zero-order chi connectivity index (χ0) is 21.1. The third-order valence-corrected chi connectivity index (χ3v) is 5.26. The molecular formula is C24H30N4O2. The maximum atomic E-state index is 12.4. The van der Waals surface area contributed by atoms with E-state index < -0.39 is 11.7 Å². The van der Waals surface area contributed by atoms with Crippen molar-refractivity contribution < 1.29 is 9.53 Å². The average molecular weight is 407 g/mol. The van der Waals surface area contributed by atoms with Crippen molar-refractivity contribution in [3.05, 3.63) is 60.3 Å². The molecule has 0 amide bonds. The summed E-state index contributed by atoms with van der Waals surface area (Å²) < 4.78 is 6.77. The Bertz CT molecular complexity index is 1010. The molecule has 0 radical (unpaired) electrons. The molecule has 2 heterocycles. The van der Waals surface area contributed by atoms with Crippen LogP contribution in [0.5, 0.6) is 0 Å². The number of nitrogens with one attached hydrogen (secondary N) is 1. The first-order valence-electron chi connectivity index (χ1n) is 10.6. The number of piperidine rings is 1. The van der Waals surface area contributed by atoms with E-state index in [1.54, 1.807) is 6.20 Å². The lowest BCUT2D eigenvalue weighted by Gasteiger charge is -2.33. The van der Waals surface area contributed by atoms with Crippen LogP contribution in [0.25, 0.3) is 10.9 Å². The highest BCUT2D eigenvalue weighted by molar-refractivity contribution is 5.89. The normalized spacial score (nSPS) is 17.8. The summed E-state index contributed by atoms with van der Waals surface area (Å²) in [5, 5.41) is 8.82. The number of anilines is 1. The molecule has 1 saturated heterocycles. The van der Waals surface area contributed by atoms with Crippen molar-refractivity contribution in [1.82, 2.24) is 14.7 Å². The molecule has 1 N–H and O–H groups in total. The molecule has 0 spiro atoms. The third-order valence-electron chi connectivity index (χ3n) is 5.26. The second-order valence-electron chi connectivity index (χ2n) is 9.01. The molecule has 6 heteroatoms. The third kappa shape index (κ3) is 5.00. The summed E-state index contributed by atoms with van der Waals surface area (Å²) >= 11 is 0. The number of hydrogen-bond acceptors (Lipinski definition) is 5. The van der Waals surface area contributed by atoms with Gasteiger partial charge in [-0.15, -0.1) is 0 Å². The van der Waals surface area contributed by atoms with E-state index >= 15 is 0 Å². The number of aromatic nitrogens is 2. The van der Waals surface area contributed by atoms with Gasteiger partial charge in [-0.05, 0) is 63.9 Å². The molecule has 1 atom stereocenters. The largest absolute Gasteiger partial charge is 0.442 e. The predicted molar refractivity (Wildman–Crippen MR) is 120 cm³/mol. The molecule has 158 valence electrons. The zero-order valence-electron chi connectivity index (χ0n) is 18.0. The Balaban J connectivity index is 1.42. The van der Waals surface area contributed by atoms with Gasteiger partial charge in [0.1, 0.15) is 5.60 Å². The molecule has 0 bridgehead atoms. The van der Waals surface area contributed by atoms with E-state index in [9.17, 15) is 4.79 Å². The minimum absolute atomic E-state index is 0.404. The summed E-state index contributed by atoms with van der Waals surface area (Å²) in [6.07, 6.45) is 3.60. The molecule has 0 aliphatic carbocycles. The Morgan fingerprint density at radius 2 is 2.00 bits per heavy atom. The van der Waals surface area contributed by atoms with E-state index in [-0.39, 0.29) is 0 Å². The van der Waals surface area contributed by atoms with Crippen LogP contribution < -0.4 is 5.32 Å². The number of rotatable bonds is 4. The van der Waals surface area contributed by atoms with Crippen molar-refractivity contribution in [1.29, 1.82) is 0 Å². The molecular weight excluding hydrogens is 376 g/mol. The highest BCUT2D eigenvalue weighted by Gasteiger charge is 2.22. The van der Waals surface area contributed by atoms with E-state index in [4.69, 9.17) is 4.74 Å². The number of hydrogen-bond donors (Lipinski definition) is 1. The Hall–Kier alpha value is -2.86. The van der Waals surface area contributed by atoms with Crippen LogP contribution in [0.4, 0.5) is 10.5 Å². The number of carbonyl (C=O) groups is 1. The van der Waals surface area contributed by atoms with Crippen LogP contribution in [0.2, 0.25) is 0 Å². The van der Waals surface area contributed by atoms with Gasteiger partial charge >= 0.3 is 6.09 Å². The molecule has 1 aliphatic rings. The summed E-state index contributed by atoms with van der Waals surface area (Å²) in [5.41, 5.74) is 2.61. The molecule has 0 saturated carbocycles. The molecule has 4 rings (SSSR count). The second-order valence-corrected chi connectivity index (χ2v) is 9.01. The topological polar surface area (TPSA) is 59.4 Å². The van der Waals surface area contributed by atoms with E-state index in [1.165, 1.54) is 16.7 Å². The van der Waals surface area contributed by atoms with Gasteiger partial charge in [-0.1, -0.05) is 30.3 Å². The summed E-state index contributed by atoms with van der Waals surface area (Å²) in [5.74, 6) is 0. The Morgan fingerprint density at radius 3 is 2.77 bits per heavy atom. The van der Waals surface area contributed by atoms with Gasteiger partial charge in [-0.2, -0.15) is 9.78 Å². The molecule has 1 aromatic heterocycles. The standard InChI is InChI=1S/C24H30N4O2/c1-24(2,3)30-23(29)28-22-12-11-20(14-19(22)15-25-28)26-21-10-7-13-27(17-21)16-18-8-5-4-6-9-18/h4-6,8-9,11-12,14-15,21,26H,7,10,13,16-17H2,1-3H3. The van der Waals surface area contributed by atoms with Crippen molar-refractivity contribution >= 4 is 22.7 Å². The summed E-state index contributed by atoms with van der Waals surface area (Å²) in [6.45, 7) is 8.69. The average Bonchev–Trinajstić information content (AvgIpc) is 3.11. The first-order valence-corrected chi connectivity index (χ1v) is 10.6. The summed E-state index contributed by atoms with van der Waals surface area (Å²) in [4.78, 5) is 14.9. The fourth-order valence-corrected chi connectivity index (χ4v) is 3.97. The van der Waals surface area contributed by atoms with Crippen LogP contribution in [0.15, 0.2) is 54.7 Å². The second kappa shape index (κ2) is 8.48. The maximum Gasteiger partial charge on any atom is 0.435 e. The quantitative estimate of drug-likeness (QED) is 0.668. The van der Waals surface area contributed by atoms with Crippen LogP contribution in [-0.4, -0.2) is 45.5 Å². The smallest absolute Gasteiger partial charge is 0.435 e. The van der Waals surface area contributed by atoms with E-state index in [2.05, 4.69) is 51.7 Å². The molecule has 3 aromatic rings. The summed E-state index contributed by atoms with van der Waals surface area (Å²) in [6, 6.07) is 17.0. The number of fused-ring (bicyclic) bond motifs is 1. The van der Waals surface area contributed by atoms with E-state index in [0.717, 1.165) is 42.6 Å². The first kappa shape index (κ1) is 20.4. The Labute approximate surface area is 177 Å². The van der Waals surface area contributed by atoms with Gasteiger partial charge in [-0.25, -0.2) is 4.79 Å². The van der Waals surface area contributed by atoms with Crippen molar-refractivity contribution in [3.63, 3.8) is 0 Å². The van der Waals surface area contributed by atoms with Gasteiger partial charge in [-0.3, -0.25) is 4.90 Å². The van der Waals surface area contributed by atoms with E-state index in [1.807, 2.05) is 32.9 Å². The monoisotopic (exact) mass is 406 g/mol. The molecule has 30 heavy (non-hydrogen) atoms. The predicted octanol–water partition coefficient (Wildman–Crippen LogP) is 4.90. The lowest BCUT2D eigenvalue weighted by Crippen LogP contribution is -2.41. The fraction of sp³-hybridized carbons (Fsp3) is 0.417. The zero-order valence-corrected chi connectivity index (χ0v) is 18.0. The highest BCUT2D eigenvalue weighted by atomic mass is 16.6. The van der Waals surface area contributed by atoms with Gasteiger partial charge in [0.2, 0.25) is 0 Å². The van der Waals surface area contributed by atoms with Crippen molar-refractivity contribution in [2.24, 2.45) is 0 Å². The van der Waals surface area contributed by atoms with Gasteiger partial charge in [0, 0.05) is 30.2 Å². The first-order chi connectivity index (χ1) is 14.4. The Morgan fingerprint density at radius 1 is 1.20 bits per heavy atom. The SMILES string of the molecule is CC(C)(C)OC(=O)n1ncc2cc(NC3CCCN(Cc4ccccc4)C3)ccc21. The minimum atomic E-state index is -0.552. The lowest BCUT2D eigenvalue weighted by molar-refractivity contribution is 0.0522. The number of likely N-dealkylation sites (tertiary alicyclic amines) is 1. The van der Waals surface area contributed by atoms with Crippen LogP contribution in [0.1, 0.15) is 39.2 Å². The van der Waals surface area contributed by atoms with Gasteiger partial charge in [0.15, 0.2) is 0 Å². The molecule has 6 nitrogen and oxygen atoms in total. The van der Waals surface area contributed by atoms with Crippen molar-refractivity contribution in [2.75, 3.05) is 18.4 Å². The minimum Gasteiger partial charge on any atom is -0.442 e. The Kier molecular flexibility index (Phi) is 5.77. The van der Waals surface area contributed by atoms with Crippen LogP contribution in [-0.2, 0) is 11.3 Å². The van der Waals surface area contributed by atoms with Crippen LogP contribution in [0, 0.1) is 0 Å². The number of ether oxygens (including phenoxy) is 1. The molecule has 2 aromatic carbocycles. The molecule has 1 unspecified atom stereocenters. The van der Waals surface area contributed by atoms with E-state index in [0.29, 0.717) is 6.04 Å². The van der Waals surface area contributed by atoms with Gasteiger partial charge in [0.05, 0.1) is 11.7 Å².